The van der Waals surface area contributed by atoms with Crippen LogP contribution in [0.5, 0.6) is 0 Å². The third-order valence-electron chi connectivity index (χ3n) is 3.77. The summed E-state index contributed by atoms with van der Waals surface area (Å²) in [4.78, 5) is 41.1. The Balaban J connectivity index is 2.29. The highest BCUT2D eigenvalue weighted by molar-refractivity contribution is 6.07. The van der Waals surface area contributed by atoms with Gasteiger partial charge in [0, 0.05) is 23.6 Å². The topological polar surface area (TPSA) is 121 Å². The molecule has 1 heterocycles. The number of carbonyl (C=O) groups is 3. The van der Waals surface area contributed by atoms with Crippen LogP contribution in [0.2, 0.25) is 0 Å². The van der Waals surface area contributed by atoms with Gasteiger partial charge in [0.2, 0.25) is 5.54 Å². The van der Waals surface area contributed by atoms with Crippen LogP contribution in [0.25, 0.3) is 0 Å². The fourth-order valence-electron chi connectivity index (χ4n) is 2.36. The maximum Gasteiger partial charge on any atom is 0.343 e. The van der Waals surface area contributed by atoms with Crippen LogP contribution in [-0.4, -0.2) is 35.5 Å². The van der Waals surface area contributed by atoms with Gasteiger partial charge in [-0.2, -0.15) is 0 Å². The molecule has 148 valence electrons. The molecule has 0 radical (unpaired) electrons. The van der Waals surface area contributed by atoms with Gasteiger partial charge in [-0.1, -0.05) is 12.1 Å². The molecule has 0 bridgehead atoms. The standard InChI is InChI=1S/C20H23N3O5/c1-19(2,3)28-18(26)20(21,17(25)27-4)14-7-5-13(6-8-14)16(24)23-15-9-11-22-12-10-15/h5-12H,21H2,1-4H3,(H,22,23,24). The van der Waals surface area contributed by atoms with E-state index in [1.54, 1.807) is 45.3 Å². The number of amides is 1. The molecule has 8 heteroatoms. The summed E-state index contributed by atoms with van der Waals surface area (Å²) in [6, 6.07) is 9.06. The zero-order valence-corrected chi connectivity index (χ0v) is 16.2. The third kappa shape index (κ3) is 4.72. The Kier molecular flexibility index (Phi) is 6.15. The van der Waals surface area contributed by atoms with Gasteiger partial charge in [-0.25, -0.2) is 9.59 Å². The number of hydrogen-bond donors (Lipinski definition) is 2. The number of pyridine rings is 1. The van der Waals surface area contributed by atoms with Gasteiger partial charge in [0.25, 0.3) is 5.91 Å². The number of rotatable bonds is 5. The largest absolute Gasteiger partial charge is 0.467 e. The number of benzene rings is 1. The van der Waals surface area contributed by atoms with Gasteiger partial charge in [0.05, 0.1) is 7.11 Å². The Hall–Kier alpha value is -3.26. The molecule has 1 amide bonds. The molecular formula is C20H23N3O5. The molecule has 0 aliphatic heterocycles. The second kappa shape index (κ2) is 8.18. The lowest BCUT2D eigenvalue weighted by Gasteiger charge is -2.29. The van der Waals surface area contributed by atoms with E-state index >= 15 is 0 Å². The van der Waals surface area contributed by atoms with Crippen molar-refractivity contribution in [3.05, 3.63) is 59.9 Å². The quantitative estimate of drug-likeness (QED) is 0.596. The van der Waals surface area contributed by atoms with E-state index in [9.17, 15) is 14.4 Å². The molecule has 0 aliphatic carbocycles. The van der Waals surface area contributed by atoms with Gasteiger partial charge in [-0.15, -0.1) is 0 Å². The van der Waals surface area contributed by atoms with E-state index in [1.165, 1.54) is 24.3 Å². The van der Waals surface area contributed by atoms with Crippen LogP contribution in [-0.2, 0) is 24.6 Å². The molecule has 0 saturated carbocycles. The zero-order valence-electron chi connectivity index (χ0n) is 16.2. The number of esters is 2. The lowest BCUT2D eigenvalue weighted by molar-refractivity contribution is -0.171. The molecule has 2 rings (SSSR count). The summed E-state index contributed by atoms with van der Waals surface area (Å²) in [6.45, 7) is 4.99. The summed E-state index contributed by atoms with van der Waals surface area (Å²) in [5.41, 5.74) is 4.17. The van der Waals surface area contributed by atoms with Crippen molar-refractivity contribution in [2.75, 3.05) is 12.4 Å². The van der Waals surface area contributed by atoms with Crippen molar-refractivity contribution in [1.29, 1.82) is 0 Å². The minimum atomic E-state index is -2.15. The fourth-order valence-corrected chi connectivity index (χ4v) is 2.36. The van der Waals surface area contributed by atoms with Gasteiger partial charge in [0.1, 0.15) is 5.60 Å². The van der Waals surface area contributed by atoms with Crippen molar-refractivity contribution < 1.29 is 23.9 Å². The molecule has 0 aliphatic rings. The van der Waals surface area contributed by atoms with Crippen LogP contribution in [0.3, 0.4) is 0 Å². The predicted octanol–water partition coefficient (Wildman–Crippen LogP) is 2.00. The van der Waals surface area contributed by atoms with E-state index in [0.29, 0.717) is 11.3 Å². The van der Waals surface area contributed by atoms with Gasteiger partial charge >= 0.3 is 11.9 Å². The van der Waals surface area contributed by atoms with Gasteiger partial charge in [-0.05, 0) is 50.6 Å². The van der Waals surface area contributed by atoms with Crippen molar-refractivity contribution in [2.45, 2.75) is 31.9 Å². The first-order chi connectivity index (χ1) is 13.1. The highest BCUT2D eigenvalue weighted by Crippen LogP contribution is 2.25. The number of hydrogen-bond acceptors (Lipinski definition) is 7. The first kappa shape index (κ1) is 21.0. The summed E-state index contributed by atoms with van der Waals surface area (Å²) < 4.78 is 10.00. The molecule has 3 N–H and O–H groups in total. The average molecular weight is 385 g/mol. The van der Waals surface area contributed by atoms with E-state index in [-0.39, 0.29) is 11.5 Å². The average Bonchev–Trinajstić information content (AvgIpc) is 2.66. The molecule has 8 nitrogen and oxygen atoms in total. The first-order valence-corrected chi connectivity index (χ1v) is 8.50. The van der Waals surface area contributed by atoms with Crippen molar-refractivity contribution in [2.24, 2.45) is 5.73 Å². The Labute approximate surface area is 163 Å². The summed E-state index contributed by atoms with van der Waals surface area (Å²) in [7, 11) is 1.13. The molecular weight excluding hydrogens is 362 g/mol. The van der Waals surface area contributed by atoms with Crippen LogP contribution in [0.15, 0.2) is 48.8 Å². The van der Waals surface area contributed by atoms with Crippen LogP contribution < -0.4 is 11.1 Å². The number of nitrogens with one attached hydrogen (secondary N) is 1. The minimum absolute atomic E-state index is 0.147. The fraction of sp³-hybridized carbons (Fsp3) is 0.300. The second-order valence-corrected chi connectivity index (χ2v) is 7.07. The molecule has 1 aromatic heterocycles. The monoisotopic (exact) mass is 385 g/mol. The third-order valence-corrected chi connectivity index (χ3v) is 3.77. The normalized spacial score (nSPS) is 13.2. The van der Waals surface area contributed by atoms with E-state index in [1.807, 2.05) is 0 Å². The van der Waals surface area contributed by atoms with Gasteiger partial charge < -0.3 is 20.5 Å². The molecule has 1 unspecified atom stereocenters. The Morgan fingerprint density at radius 1 is 0.964 bits per heavy atom. The van der Waals surface area contributed by atoms with E-state index in [4.69, 9.17) is 15.2 Å². The van der Waals surface area contributed by atoms with Crippen LogP contribution >= 0.6 is 0 Å². The summed E-state index contributed by atoms with van der Waals surface area (Å²) in [5.74, 6) is -2.27. The highest BCUT2D eigenvalue weighted by atomic mass is 16.6. The maximum atomic E-state index is 12.6. The highest BCUT2D eigenvalue weighted by Gasteiger charge is 2.48. The number of nitrogens with zero attached hydrogens (tertiary/aromatic N) is 1. The van der Waals surface area contributed by atoms with Crippen molar-refractivity contribution in [3.63, 3.8) is 0 Å². The summed E-state index contributed by atoms with van der Waals surface area (Å²) in [5, 5.41) is 2.71. The van der Waals surface area contributed by atoms with Crippen molar-refractivity contribution in [1.82, 2.24) is 4.98 Å². The number of carbonyl (C=O) groups excluding carboxylic acids is 3. The Bertz CT molecular complexity index is 860. The molecule has 28 heavy (non-hydrogen) atoms. The molecule has 2 aromatic rings. The lowest BCUT2D eigenvalue weighted by atomic mass is 9.90. The molecule has 0 fully saturated rings. The zero-order chi connectivity index (χ0) is 20.9. The molecule has 0 spiro atoms. The van der Waals surface area contributed by atoms with Crippen LogP contribution in [0.4, 0.5) is 5.69 Å². The molecule has 1 atom stereocenters. The SMILES string of the molecule is COC(=O)C(N)(C(=O)OC(C)(C)C)c1ccc(C(=O)Nc2ccncc2)cc1. The molecule has 0 saturated heterocycles. The molecule has 1 aromatic carbocycles. The number of nitrogens with two attached hydrogens (primary N) is 1. The second-order valence-electron chi connectivity index (χ2n) is 7.07. The summed E-state index contributed by atoms with van der Waals surface area (Å²) >= 11 is 0. The van der Waals surface area contributed by atoms with Crippen LogP contribution in [0.1, 0.15) is 36.7 Å². The van der Waals surface area contributed by atoms with Gasteiger partial charge in [-0.3, -0.25) is 9.78 Å². The summed E-state index contributed by atoms with van der Waals surface area (Å²) in [6.07, 6.45) is 3.11. The Morgan fingerprint density at radius 3 is 2.04 bits per heavy atom. The van der Waals surface area contributed by atoms with E-state index in [0.717, 1.165) is 7.11 Å². The lowest BCUT2D eigenvalue weighted by Crippen LogP contribution is -2.54. The number of aromatic nitrogens is 1. The predicted molar refractivity (Wildman–Crippen MR) is 102 cm³/mol. The van der Waals surface area contributed by atoms with E-state index in [2.05, 4.69) is 10.3 Å². The van der Waals surface area contributed by atoms with Gasteiger partial charge in [0.15, 0.2) is 0 Å². The van der Waals surface area contributed by atoms with E-state index < -0.39 is 23.1 Å². The van der Waals surface area contributed by atoms with Crippen molar-refractivity contribution >= 4 is 23.5 Å². The number of methoxy groups -OCH3 is 1. The minimum Gasteiger partial charge on any atom is -0.467 e. The number of anilines is 1. The van der Waals surface area contributed by atoms with Crippen molar-refractivity contribution in [3.8, 4) is 0 Å². The smallest absolute Gasteiger partial charge is 0.343 e. The van der Waals surface area contributed by atoms with Crippen LogP contribution in [0, 0.1) is 0 Å². The number of ether oxygens (including phenoxy) is 2. The first-order valence-electron chi connectivity index (χ1n) is 8.50. The Morgan fingerprint density at radius 2 is 1.54 bits per heavy atom. The maximum absolute atomic E-state index is 12.6.